The molecule has 6 heteroatoms. The molecule has 3 rings (SSSR count). The van der Waals surface area contributed by atoms with Gasteiger partial charge < -0.3 is 14.8 Å². The van der Waals surface area contributed by atoms with Crippen LogP contribution in [0.5, 0.6) is 0 Å². The summed E-state index contributed by atoms with van der Waals surface area (Å²) in [4.78, 5) is 21.0. The highest BCUT2D eigenvalue weighted by atomic mass is 16.1. The number of aromatic nitrogens is 2. The van der Waals surface area contributed by atoms with E-state index in [-0.39, 0.29) is 5.91 Å². The van der Waals surface area contributed by atoms with Gasteiger partial charge in [-0.25, -0.2) is 4.98 Å². The predicted molar refractivity (Wildman–Crippen MR) is 99.7 cm³/mol. The van der Waals surface area contributed by atoms with Crippen molar-refractivity contribution in [2.45, 2.75) is 19.9 Å². The quantitative estimate of drug-likeness (QED) is 0.830. The summed E-state index contributed by atoms with van der Waals surface area (Å²) in [6, 6.07) is 10.6. The molecule has 6 nitrogen and oxygen atoms in total. The Kier molecular flexibility index (Phi) is 6.06. The molecule has 1 saturated heterocycles. The number of amides is 1. The van der Waals surface area contributed by atoms with Gasteiger partial charge in [-0.3, -0.25) is 9.69 Å². The third-order valence-electron chi connectivity index (χ3n) is 4.75. The second-order valence-corrected chi connectivity index (χ2v) is 6.43. The van der Waals surface area contributed by atoms with Gasteiger partial charge in [0.05, 0.1) is 0 Å². The topological polar surface area (TPSA) is 53.4 Å². The lowest BCUT2D eigenvalue weighted by Crippen LogP contribution is -2.48. The molecule has 1 aromatic carbocycles. The van der Waals surface area contributed by atoms with Gasteiger partial charge in [0.25, 0.3) is 0 Å². The Morgan fingerprint density at radius 2 is 1.88 bits per heavy atom. The molecule has 25 heavy (non-hydrogen) atoms. The zero-order valence-corrected chi connectivity index (χ0v) is 14.9. The van der Waals surface area contributed by atoms with Crippen LogP contribution in [0, 0.1) is 6.92 Å². The molecule has 0 saturated carbocycles. The van der Waals surface area contributed by atoms with Gasteiger partial charge in [-0.15, -0.1) is 0 Å². The third kappa shape index (κ3) is 5.06. The summed E-state index contributed by atoms with van der Waals surface area (Å²) in [5, 5.41) is 3.03. The minimum absolute atomic E-state index is 0.107. The van der Waals surface area contributed by atoms with Crippen molar-refractivity contribution < 1.29 is 4.79 Å². The second kappa shape index (κ2) is 8.67. The molecule has 1 aliphatic heterocycles. The van der Waals surface area contributed by atoms with Crippen molar-refractivity contribution in [2.24, 2.45) is 0 Å². The Hall–Kier alpha value is -2.34. The van der Waals surface area contributed by atoms with E-state index in [1.165, 1.54) is 5.69 Å². The largest absolute Gasteiger partial charge is 0.369 e. The highest BCUT2D eigenvalue weighted by Crippen LogP contribution is 2.15. The lowest BCUT2D eigenvalue weighted by molar-refractivity contribution is -0.121. The first-order valence-corrected chi connectivity index (χ1v) is 8.99. The lowest BCUT2D eigenvalue weighted by atomic mass is 10.2. The molecule has 1 N–H and O–H groups in total. The van der Waals surface area contributed by atoms with Gasteiger partial charge in [0.1, 0.15) is 5.82 Å². The van der Waals surface area contributed by atoms with Crippen LogP contribution in [0.4, 0.5) is 5.69 Å². The third-order valence-corrected chi connectivity index (χ3v) is 4.75. The number of anilines is 1. The Morgan fingerprint density at radius 3 is 2.56 bits per heavy atom. The molecule has 0 radical (unpaired) electrons. The summed E-state index contributed by atoms with van der Waals surface area (Å²) >= 11 is 0. The van der Waals surface area contributed by atoms with Gasteiger partial charge >= 0.3 is 0 Å². The van der Waals surface area contributed by atoms with Crippen molar-refractivity contribution in [1.82, 2.24) is 19.8 Å². The monoisotopic (exact) mass is 341 g/mol. The van der Waals surface area contributed by atoms with E-state index in [0.29, 0.717) is 19.5 Å². The van der Waals surface area contributed by atoms with E-state index in [4.69, 9.17) is 0 Å². The molecule has 1 amide bonds. The number of para-hydroxylation sites is 1. The van der Waals surface area contributed by atoms with E-state index in [9.17, 15) is 4.79 Å². The first-order valence-electron chi connectivity index (χ1n) is 8.99. The molecule has 0 unspecified atom stereocenters. The van der Waals surface area contributed by atoms with Gasteiger partial charge in [-0.1, -0.05) is 18.2 Å². The van der Waals surface area contributed by atoms with Crippen LogP contribution in [0.15, 0.2) is 42.7 Å². The number of carbonyl (C=O) groups excluding carboxylic acids is 1. The molecule has 1 aromatic heterocycles. The second-order valence-electron chi connectivity index (χ2n) is 6.43. The van der Waals surface area contributed by atoms with Crippen LogP contribution < -0.4 is 10.2 Å². The van der Waals surface area contributed by atoms with Crippen molar-refractivity contribution in [3.8, 4) is 0 Å². The molecule has 2 aromatic rings. The highest BCUT2D eigenvalue weighted by Gasteiger charge is 2.16. The maximum absolute atomic E-state index is 12.0. The Balaban J connectivity index is 1.31. The van der Waals surface area contributed by atoms with Gasteiger partial charge in [0, 0.05) is 70.3 Å². The maximum Gasteiger partial charge on any atom is 0.221 e. The number of hydrogen-bond donors (Lipinski definition) is 1. The molecular weight excluding hydrogens is 314 g/mol. The number of piperazine rings is 1. The minimum atomic E-state index is 0.107. The summed E-state index contributed by atoms with van der Waals surface area (Å²) in [6.07, 6.45) is 4.18. The Labute approximate surface area is 149 Å². The molecule has 0 atom stereocenters. The predicted octanol–water partition coefficient (Wildman–Crippen LogP) is 1.52. The van der Waals surface area contributed by atoms with Gasteiger partial charge in [-0.2, -0.15) is 0 Å². The Bertz CT molecular complexity index is 661. The zero-order valence-electron chi connectivity index (χ0n) is 14.9. The van der Waals surface area contributed by atoms with Crippen LogP contribution in [0.25, 0.3) is 0 Å². The molecule has 2 heterocycles. The highest BCUT2D eigenvalue weighted by molar-refractivity contribution is 5.75. The molecule has 134 valence electrons. The van der Waals surface area contributed by atoms with E-state index in [0.717, 1.165) is 38.5 Å². The first kappa shape index (κ1) is 17.5. The van der Waals surface area contributed by atoms with Crippen LogP contribution in [-0.2, 0) is 11.3 Å². The van der Waals surface area contributed by atoms with Crippen molar-refractivity contribution in [2.75, 3.05) is 44.2 Å². The number of imidazole rings is 1. The standard InChI is InChI=1S/C19H27N5O/c1-17-20-9-12-23(17)10-7-19(25)21-8-11-22-13-15-24(16-14-22)18-5-3-2-4-6-18/h2-6,9,12H,7-8,10-11,13-16H2,1H3,(H,21,25). The number of rotatable bonds is 7. The number of hydrogen-bond acceptors (Lipinski definition) is 4. The summed E-state index contributed by atoms with van der Waals surface area (Å²) in [5.41, 5.74) is 1.30. The van der Waals surface area contributed by atoms with Crippen LogP contribution in [0.1, 0.15) is 12.2 Å². The number of aryl methyl sites for hydroxylation is 2. The summed E-state index contributed by atoms with van der Waals surface area (Å²) in [6.45, 7) is 8.43. The van der Waals surface area contributed by atoms with Crippen molar-refractivity contribution in [3.63, 3.8) is 0 Å². The van der Waals surface area contributed by atoms with Crippen molar-refractivity contribution in [1.29, 1.82) is 0 Å². The first-order chi connectivity index (χ1) is 12.2. The Morgan fingerprint density at radius 1 is 1.12 bits per heavy atom. The van der Waals surface area contributed by atoms with E-state index in [1.807, 2.05) is 17.7 Å². The average Bonchev–Trinajstić information content (AvgIpc) is 3.06. The van der Waals surface area contributed by atoms with Crippen LogP contribution in [-0.4, -0.2) is 59.6 Å². The van der Waals surface area contributed by atoms with E-state index >= 15 is 0 Å². The van der Waals surface area contributed by atoms with Crippen LogP contribution in [0.3, 0.4) is 0 Å². The number of carbonyl (C=O) groups is 1. The fraction of sp³-hybridized carbons (Fsp3) is 0.474. The molecule has 1 aliphatic rings. The normalized spacial score (nSPS) is 15.3. The summed E-state index contributed by atoms with van der Waals surface area (Å²) < 4.78 is 2.00. The molecule has 0 spiro atoms. The zero-order chi connectivity index (χ0) is 17.5. The van der Waals surface area contributed by atoms with Crippen molar-refractivity contribution >= 4 is 11.6 Å². The molecule has 0 aliphatic carbocycles. The molecule has 0 bridgehead atoms. The molecular formula is C19H27N5O. The SMILES string of the molecule is Cc1nccn1CCC(=O)NCCN1CCN(c2ccccc2)CC1. The average molecular weight is 341 g/mol. The van der Waals surface area contributed by atoms with Crippen LogP contribution in [0.2, 0.25) is 0 Å². The van der Waals surface area contributed by atoms with Gasteiger partial charge in [-0.05, 0) is 19.1 Å². The number of nitrogens with one attached hydrogen (secondary N) is 1. The summed E-state index contributed by atoms with van der Waals surface area (Å²) in [7, 11) is 0. The lowest BCUT2D eigenvalue weighted by Gasteiger charge is -2.36. The fourth-order valence-corrected chi connectivity index (χ4v) is 3.17. The van der Waals surface area contributed by atoms with E-state index < -0.39 is 0 Å². The van der Waals surface area contributed by atoms with Gasteiger partial charge in [0.15, 0.2) is 0 Å². The molecule has 1 fully saturated rings. The fourth-order valence-electron chi connectivity index (χ4n) is 3.17. The van der Waals surface area contributed by atoms with E-state index in [1.54, 1.807) is 6.20 Å². The van der Waals surface area contributed by atoms with Crippen LogP contribution >= 0.6 is 0 Å². The van der Waals surface area contributed by atoms with Crippen molar-refractivity contribution in [3.05, 3.63) is 48.5 Å². The number of nitrogens with zero attached hydrogens (tertiary/aromatic N) is 4. The number of benzene rings is 1. The summed E-state index contributed by atoms with van der Waals surface area (Å²) in [5.74, 6) is 1.06. The maximum atomic E-state index is 12.0. The van der Waals surface area contributed by atoms with E-state index in [2.05, 4.69) is 50.4 Å². The van der Waals surface area contributed by atoms with Gasteiger partial charge in [0.2, 0.25) is 5.91 Å². The minimum Gasteiger partial charge on any atom is -0.369 e. The smallest absolute Gasteiger partial charge is 0.221 e.